The van der Waals surface area contributed by atoms with E-state index < -0.39 is 0 Å². The van der Waals surface area contributed by atoms with Gasteiger partial charge in [0, 0.05) is 23.7 Å². The highest BCUT2D eigenvalue weighted by Gasteiger charge is 2.30. The first-order valence-corrected chi connectivity index (χ1v) is 9.33. The molecule has 2 aromatic rings. The Kier molecular flexibility index (Phi) is 3.53. The van der Waals surface area contributed by atoms with Gasteiger partial charge in [-0.2, -0.15) is 4.98 Å². The van der Waals surface area contributed by atoms with Crippen LogP contribution in [-0.4, -0.2) is 21.7 Å². The minimum Gasteiger partial charge on any atom is -0.493 e. The molecule has 2 aromatic heterocycles. The van der Waals surface area contributed by atoms with Gasteiger partial charge in [0.15, 0.2) is 5.82 Å². The molecule has 126 valence electrons. The van der Waals surface area contributed by atoms with E-state index in [0.29, 0.717) is 17.7 Å². The highest BCUT2D eigenvalue weighted by Crippen LogP contribution is 2.45. The summed E-state index contributed by atoms with van der Waals surface area (Å²) in [5, 5.41) is 4.19. The molecular formula is C19H23N3O2. The van der Waals surface area contributed by atoms with Gasteiger partial charge in [-0.05, 0) is 50.4 Å². The lowest BCUT2D eigenvalue weighted by atomic mass is 10.1. The third-order valence-electron chi connectivity index (χ3n) is 5.46. The average Bonchev–Trinajstić information content (AvgIpc) is 3.51. The van der Waals surface area contributed by atoms with E-state index in [9.17, 15) is 0 Å². The molecule has 5 rings (SSSR count). The van der Waals surface area contributed by atoms with Crippen molar-refractivity contribution in [3.05, 3.63) is 23.7 Å². The third-order valence-corrected chi connectivity index (χ3v) is 5.46. The van der Waals surface area contributed by atoms with Gasteiger partial charge in [0.1, 0.15) is 11.4 Å². The molecule has 0 saturated heterocycles. The normalized spacial score (nSPS) is 21.3. The van der Waals surface area contributed by atoms with Crippen molar-refractivity contribution in [1.29, 1.82) is 0 Å². The summed E-state index contributed by atoms with van der Waals surface area (Å²) in [6, 6.07) is 2.00. The van der Waals surface area contributed by atoms with Gasteiger partial charge in [0.25, 0.3) is 5.89 Å². The van der Waals surface area contributed by atoms with Gasteiger partial charge in [-0.3, -0.25) is 4.98 Å². The van der Waals surface area contributed by atoms with E-state index in [0.717, 1.165) is 29.8 Å². The molecule has 0 bridgehead atoms. The summed E-state index contributed by atoms with van der Waals surface area (Å²) in [4.78, 5) is 9.18. The summed E-state index contributed by atoms with van der Waals surface area (Å²) in [5.74, 6) is 4.16. The Morgan fingerprint density at radius 3 is 2.62 bits per heavy atom. The highest BCUT2D eigenvalue weighted by atomic mass is 16.5. The number of pyridine rings is 1. The molecule has 24 heavy (non-hydrogen) atoms. The quantitative estimate of drug-likeness (QED) is 0.785. The molecule has 0 N–H and O–H groups in total. The number of rotatable bonds is 6. The topological polar surface area (TPSA) is 61.0 Å². The number of hydrogen-bond donors (Lipinski definition) is 0. The smallest absolute Gasteiger partial charge is 0.276 e. The zero-order valence-corrected chi connectivity index (χ0v) is 13.9. The molecule has 3 aliphatic rings. The fraction of sp³-hybridized carbons (Fsp3) is 0.632. The minimum atomic E-state index is 0.457. The van der Waals surface area contributed by atoms with Crippen molar-refractivity contribution in [3.63, 3.8) is 0 Å². The second-order valence-electron chi connectivity index (χ2n) is 7.58. The van der Waals surface area contributed by atoms with Crippen LogP contribution in [0.25, 0.3) is 11.6 Å². The van der Waals surface area contributed by atoms with E-state index in [4.69, 9.17) is 9.26 Å². The van der Waals surface area contributed by atoms with Gasteiger partial charge >= 0.3 is 0 Å². The fourth-order valence-corrected chi connectivity index (χ4v) is 3.57. The summed E-state index contributed by atoms with van der Waals surface area (Å²) in [5.41, 5.74) is 1.98. The van der Waals surface area contributed by atoms with Crippen LogP contribution in [0.5, 0.6) is 5.75 Å². The van der Waals surface area contributed by atoms with Crippen LogP contribution in [0.1, 0.15) is 74.6 Å². The van der Waals surface area contributed by atoms with E-state index >= 15 is 0 Å². The highest BCUT2D eigenvalue weighted by molar-refractivity contribution is 5.53. The Bertz CT molecular complexity index is 728. The summed E-state index contributed by atoms with van der Waals surface area (Å²) in [6.07, 6.45) is 11.9. The Labute approximate surface area is 141 Å². The SMILES string of the molecule is c1c(-c2nc(C3CCCC3)no2)ncc(C2CC2)c1OCC1CC1. The lowest BCUT2D eigenvalue weighted by molar-refractivity contribution is 0.296. The summed E-state index contributed by atoms with van der Waals surface area (Å²) in [6.45, 7) is 0.820. The molecule has 3 fully saturated rings. The van der Waals surface area contributed by atoms with Gasteiger partial charge < -0.3 is 9.26 Å². The third kappa shape index (κ3) is 2.92. The van der Waals surface area contributed by atoms with Crippen LogP contribution in [-0.2, 0) is 0 Å². The van der Waals surface area contributed by atoms with E-state index in [1.807, 2.05) is 12.3 Å². The molecule has 0 amide bonds. The summed E-state index contributed by atoms with van der Waals surface area (Å²) < 4.78 is 11.6. The number of aromatic nitrogens is 3. The Morgan fingerprint density at radius 2 is 1.88 bits per heavy atom. The van der Waals surface area contributed by atoms with E-state index in [1.165, 1.54) is 56.9 Å². The Morgan fingerprint density at radius 1 is 1.04 bits per heavy atom. The number of ether oxygens (including phenoxy) is 1. The van der Waals surface area contributed by atoms with Gasteiger partial charge in [0.2, 0.25) is 0 Å². The largest absolute Gasteiger partial charge is 0.493 e. The van der Waals surface area contributed by atoms with Crippen molar-refractivity contribution < 1.29 is 9.26 Å². The van der Waals surface area contributed by atoms with Crippen LogP contribution in [0.15, 0.2) is 16.8 Å². The van der Waals surface area contributed by atoms with Crippen molar-refractivity contribution in [2.75, 3.05) is 6.61 Å². The van der Waals surface area contributed by atoms with Crippen LogP contribution in [0.3, 0.4) is 0 Å². The first kappa shape index (κ1) is 14.4. The van der Waals surface area contributed by atoms with Crippen LogP contribution >= 0.6 is 0 Å². The zero-order valence-electron chi connectivity index (χ0n) is 13.9. The van der Waals surface area contributed by atoms with Gasteiger partial charge in [-0.1, -0.05) is 18.0 Å². The van der Waals surface area contributed by atoms with E-state index in [2.05, 4.69) is 15.1 Å². The standard InChI is InChI=1S/C19H23N3O2/c1-2-4-14(3-1)18-21-19(24-22-18)16-9-17(23-11-12-5-6-12)15(10-20-16)13-7-8-13/h9-10,12-14H,1-8,11H2. The molecule has 0 atom stereocenters. The van der Waals surface area contributed by atoms with Gasteiger partial charge in [-0.15, -0.1) is 0 Å². The number of nitrogens with zero attached hydrogens (tertiary/aromatic N) is 3. The van der Waals surface area contributed by atoms with Crippen molar-refractivity contribution >= 4 is 0 Å². The summed E-state index contributed by atoms with van der Waals surface area (Å²) >= 11 is 0. The maximum absolute atomic E-state index is 6.10. The zero-order chi connectivity index (χ0) is 15.9. The molecule has 0 aliphatic heterocycles. The second kappa shape index (κ2) is 5.87. The van der Waals surface area contributed by atoms with Crippen molar-refractivity contribution in [2.45, 2.75) is 63.2 Å². The van der Waals surface area contributed by atoms with E-state index in [-0.39, 0.29) is 0 Å². The molecule has 0 unspecified atom stereocenters. The molecule has 0 radical (unpaired) electrons. The molecule has 3 saturated carbocycles. The van der Waals surface area contributed by atoms with E-state index in [1.54, 1.807) is 0 Å². The fourth-order valence-electron chi connectivity index (χ4n) is 3.57. The molecule has 0 aromatic carbocycles. The monoisotopic (exact) mass is 325 g/mol. The number of hydrogen-bond acceptors (Lipinski definition) is 5. The van der Waals surface area contributed by atoms with Crippen molar-refractivity contribution in [3.8, 4) is 17.3 Å². The molecular weight excluding hydrogens is 302 g/mol. The lowest BCUT2D eigenvalue weighted by Gasteiger charge is -2.11. The first-order chi connectivity index (χ1) is 11.9. The van der Waals surface area contributed by atoms with Crippen molar-refractivity contribution in [1.82, 2.24) is 15.1 Å². The van der Waals surface area contributed by atoms with Crippen LogP contribution in [0.2, 0.25) is 0 Å². The maximum Gasteiger partial charge on any atom is 0.276 e. The maximum atomic E-state index is 6.10. The molecule has 5 heteroatoms. The molecule has 5 nitrogen and oxygen atoms in total. The first-order valence-electron chi connectivity index (χ1n) is 9.33. The predicted octanol–water partition coefficient (Wildman–Crippen LogP) is 4.46. The predicted molar refractivity (Wildman–Crippen MR) is 88.9 cm³/mol. The average molecular weight is 325 g/mol. The van der Waals surface area contributed by atoms with Crippen LogP contribution in [0.4, 0.5) is 0 Å². The van der Waals surface area contributed by atoms with Crippen LogP contribution < -0.4 is 4.74 Å². The molecule has 0 spiro atoms. The Hall–Kier alpha value is -1.91. The van der Waals surface area contributed by atoms with Gasteiger partial charge in [0.05, 0.1) is 6.61 Å². The van der Waals surface area contributed by atoms with Gasteiger partial charge in [-0.25, -0.2) is 0 Å². The second-order valence-corrected chi connectivity index (χ2v) is 7.58. The molecule has 3 aliphatic carbocycles. The Balaban J connectivity index is 1.41. The summed E-state index contributed by atoms with van der Waals surface area (Å²) in [7, 11) is 0. The minimum absolute atomic E-state index is 0.457. The lowest BCUT2D eigenvalue weighted by Crippen LogP contribution is -2.02. The molecule has 2 heterocycles. The van der Waals surface area contributed by atoms with Crippen LogP contribution in [0, 0.1) is 5.92 Å². The van der Waals surface area contributed by atoms with Crippen molar-refractivity contribution in [2.24, 2.45) is 5.92 Å².